The molecular weight excluding hydrogens is 454 g/mol. The van der Waals surface area contributed by atoms with Gasteiger partial charge in [-0.15, -0.1) is 11.3 Å². The minimum atomic E-state index is -0.367. The smallest absolute Gasteiger partial charge is 0.341 e. The van der Waals surface area contributed by atoms with Crippen LogP contribution in [0.15, 0.2) is 60.7 Å². The van der Waals surface area contributed by atoms with Crippen LogP contribution < -0.4 is 5.32 Å². The molecule has 4 nitrogen and oxygen atoms in total. The molecule has 1 unspecified atom stereocenters. The van der Waals surface area contributed by atoms with E-state index in [9.17, 15) is 9.59 Å². The third-order valence-corrected chi connectivity index (χ3v) is 8.89. The molecule has 184 valence electrons. The SMILES string of the molecule is CCC(C)(C)C1CCc2c(sc(NC(=O)CC(c3ccccc3)c3ccccc3)c2C(=O)OC)C1. The van der Waals surface area contributed by atoms with E-state index in [1.165, 1.54) is 12.0 Å². The van der Waals surface area contributed by atoms with Crippen LogP contribution in [0.1, 0.15) is 77.9 Å². The van der Waals surface area contributed by atoms with Gasteiger partial charge in [0.1, 0.15) is 5.00 Å². The molecule has 2 aromatic carbocycles. The number of amides is 1. The number of anilines is 1. The normalized spacial score (nSPS) is 15.5. The number of hydrogen-bond donors (Lipinski definition) is 1. The van der Waals surface area contributed by atoms with Crippen LogP contribution in [0.4, 0.5) is 5.00 Å². The van der Waals surface area contributed by atoms with Gasteiger partial charge in [-0.1, -0.05) is 87.9 Å². The van der Waals surface area contributed by atoms with E-state index >= 15 is 0 Å². The van der Waals surface area contributed by atoms with E-state index in [1.54, 1.807) is 11.3 Å². The van der Waals surface area contributed by atoms with E-state index < -0.39 is 0 Å². The van der Waals surface area contributed by atoms with Crippen molar-refractivity contribution in [1.82, 2.24) is 0 Å². The Morgan fingerprint density at radius 3 is 2.20 bits per heavy atom. The maximum atomic E-state index is 13.4. The van der Waals surface area contributed by atoms with Crippen molar-refractivity contribution in [2.24, 2.45) is 11.3 Å². The molecule has 0 spiro atoms. The highest BCUT2D eigenvalue weighted by molar-refractivity contribution is 7.17. The van der Waals surface area contributed by atoms with E-state index in [-0.39, 0.29) is 23.2 Å². The Morgan fingerprint density at radius 2 is 1.66 bits per heavy atom. The predicted molar refractivity (Wildman–Crippen MR) is 143 cm³/mol. The quantitative estimate of drug-likeness (QED) is 0.339. The third kappa shape index (κ3) is 5.51. The summed E-state index contributed by atoms with van der Waals surface area (Å²) in [5.74, 6) is 0.0297. The number of carbonyl (C=O) groups excluding carboxylic acids is 2. The maximum Gasteiger partial charge on any atom is 0.341 e. The molecule has 5 heteroatoms. The fraction of sp³-hybridized carbons (Fsp3) is 0.400. The summed E-state index contributed by atoms with van der Waals surface area (Å²) in [6.45, 7) is 6.90. The molecule has 0 radical (unpaired) electrons. The van der Waals surface area contributed by atoms with Crippen LogP contribution in [0.2, 0.25) is 0 Å². The number of esters is 1. The number of rotatable bonds is 8. The third-order valence-electron chi connectivity index (χ3n) is 7.72. The molecule has 1 N–H and O–H groups in total. The first-order valence-corrected chi connectivity index (χ1v) is 13.3. The van der Waals surface area contributed by atoms with Gasteiger partial charge < -0.3 is 10.1 Å². The number of ether oxygens (including phenoxy) is 1. The van der Waals surface area contributed by atoms with Crippen molar-refractivity contribution in [3.8, 4) is 0 Å². The van der Waals surface area contributed by atoms with E-state index in [0.29, 0.717) is 22.9 Å². The lowest BCUT2D eigenvalue weighted by molar-refractivity contribution is -0.116. The minimum absolute atomic E-state index is 0.0664. The van der Waals surface area contributed by atoms with Gasteiger partial charge in [0.05, 0.1) is 12.7 Å². The standard InChI is InChI=1S/C30H35NO3S/c1-5-30(2,3)22-16-17-23-25(18-22)35-28(27(23)29(33)34-4)31-26(32)19-24(20-12-8-6-9-13-20)21-14-10-7-11-15-21/h6-15,22,24H,5,16-19H2,1-4H3,(H,31,32). The molecule has 0 saturated carbocycles. The minimum Gasteiger partial charge on any atom is -0.465 e. The summed E-state index contributed by atoms with van der Waals surface area (Å²) in [6, 6.07) is 20.2. The molecule has 4 rings (SSSR count). The highest BCUT2D eigenvalue weighted by atomic mass is 32.1. The number of carbonyl (C=O) groups is 2. The summed E-state index contributed by atoms with van der Waals surface area (Å²) >= 11 is 1.55. The van der Waals surface area contributed by atoms with Crippen LogP contribution >= 0.6 is 11.3 Å². The van der Waals surface area contributed by atoms with Gasteiger partial charge in [0, 0.05) is 17.2 Å². The molecule has 0 saturated heterocycles. The van der Waals surface area contributed by atoms with Crippen molar-refractivity contribution in [3.63, 3.8) is 0 Å². The lowest BCUT2D eigenvalue weighted by Crippen LogP contribution is -2.28. The largest absolute Gasteiger partial charge is 0.465 e. The Hall–Kier alpha value is -2.92. The van der Waals surface area contributed by atoms with Gasteiger partial charge in [-0.2, -0.15) is 0 Å². The van der Waals surface area contributed by atoms with Crippen LogP contribution in [0, 0.1) is 11.3 Å². The van der Waals surface area contributed by atoms with Gasteiger partial charge in [-0.05, 0) is 47.3 Å². The molecule has 3 aromatic rings. The average Bonchev–Trinajstić information content (AvgIpc) is 3.24. The molecule has 0 aliphatic heterocycles. The van der Waals surface area contributed by atoms with Gasteiger partial charge in [-0.3, -0.25) is 4.79 Å². The van der Waals surface area contributed by atoms with Crippen molar-refractivity contribution < 1.29 is 14.3 Å². The monoisotopic (exact) mass is 489 g/mol. The second-order valence-corrected chi connectivity index (χ2v) is 11.2. The Labute approximate surface area is 212 Å². The highest BCUT2D eigenvalue weighted by Crippen LogP contribution is 2.45. The van der Waals surface area contributed by atoms with Crippen LogP contribution in [0.25, 0.3) is 0 Å². The number of fused-ring (bicyclic) bond motifs is 1. The summed E-state index contributed by atoms with van der Waals surface area (Å²) in [4.78, 5) is 27.3. The number of thiophene rings is 1. The lowest BCUT2D eigenvalue weighted by atomic mass is 9.69. The van der Waals surface area contributed by atoms with E-state index in [0.717, 1.165) is 42.4 Å². The van der Waals surface area contributed by atoms with Crippen molar-refractivity contribution in [3.05, 3.63) is 87.8 Å². The van der Waals surface area contributed by atoms with E-state index in [1.807, 2.05) is 36.4 Å². The van der Waals surface area contributed by atoms with Crippen molar-refractivity contribution in [2.75, 3.05) is 12.4 Å². The molecule has 0 fully saturated rings. The molecule has 1 atom stereocenters. The second-order valence-electron chi connectivity index (χ2n) is 10.1. The number of nitrogens with one attached hydrogen (secondary N) is 1. The van der Waals surface area contributed by atoms with Crippen LogP contribution in [-0.4, -0.2) is 19.0 Å². The fourth-order valence-corrected chi connectivity index (χ4v) is 6.44. The Morgan fingerprint density at radius 1 is 1.06 bits per heavy atom. The molecule has 0 bridgehead atoms. The molecule has 1 aliphatic rings. The van der Waals surface area contributed by atoms with Crippen LogP contribution in [-0.2, 0) is 22.4 Å². The zero-order chi connectivity index (χ0) is 25.0. The second kappa shape index (κ2) is 10.8. The van der Waals surface area contributed by atoms with Gasteiger partial charge in [0.2, 0.25) is 5.91 Å². The average molecular weight is 490 g/mol. The Kier molecular flexibility index (Phi) is 7.75. The summed E-state index contributed by atoms with van der Waals surface area (Å²) in [5.41, 5.74) is 4.04. The molecule has 1 aromatic heterocycles. The first kappa shape index (κ1) is 25.2. The number of hydrogen-bond acceptors (Lipinski definition) is 4. The van der Waals surface area contributed by atoms with Crippen molar-refractivity contribution in [1.29, 1.82) is 0 Å². The lowest BCUT2D eigenvalue weighted by Gasteiger charge is -2.36. The summed E-state index contributed by atoms with van der Waals surface area (Å²) in [5, 5.41) is 3.73. The zero-order valence-electron chi connectivity index (χ0n) is 21.1. The predicted octanol–water partition coefficient (Wildman–Crippen LogP) is 7.24. The van der Waals surface area contributed by atoms with Gasteiger partial charge in [0.25, 0.3) is 0 Å². The first-order valence-electron chi connectivity index (χ1n) is 12.5. The van der Waals surface area contributed by atoms with Crippen molar-refractivity contribution >= 4 is 28.2 Å². The van der Waals surface area contributed by atoms with E-state index in [4.69, 9.17) is 4.74 Å². The fourth-order valence-electron chi connectivity index (χ4n) is 5.11. The molecule has 1 heterocycles. The molecule has 1 amide bonds. The highest BCUT2D eigenvalue weighted by Gasteiger charge is 2.35. The Balaban J connectivity index is 1.61. The Bertz CT molecular complexity index is 1130. The zero-order valence-corrected chi connectivity index (χ0v) is 21.9. The number of benzene rings is 2. The van der Waals surface area contributed by atoms with Gasteiger partial charge >= 0.3 is 5.97 Å². The van der Waals surface area contributed by atoms with E-state index in [2.05, 4.69) is 50.4 Å². The maximum absolute atomic E-state index is 13.4. The first-order chi connectivity index (χ1) is 16.8. The van der Waals surface area contributed by atoms with Gasteiger partial charge in [-0.25, -0.2) is 4.79 Å². The topological polar surface area (TPSA) is 55.4 Å². The summed E-state index contributed by atoms with van der Waals surface area (Å²) in [6.07, 6.45) is 4.25. The van der Waals surface area contributed by atoms with Gasteiger partial charge in [0.15, 0.2) is 0 Å². The van der Waals surface area contributed by atoms with Crippen molar-refractivity contribution in [2.45, 2.75) is 58.8 Å². The molecular formula is C30H35NO3S. The molecule has 35 heavy (non-hydrogen) atoms. The molecule has 1 aliphatic carbocycles. The number of methoxy groups -OCH3 is 1. The van der Waals surface area contributed by atoms with Crippen LogP contribution in [0.3, 0.4) is 0 Å². The summed E-state index contributed by atoms with van der Waals surface area (Å²) < 4.78 is 5.13. The summed E-state index contributed by atoms with van der Waals surface area (Å²) in [7, 11) is 1.41. The van der Waals surface area contributed by atoms with Crippen LogP contribution in [0.5, 0.6) is 0 Å².